The van der Waals surface area contributed by atoms with Crippen molar-refractivity contribution in [3.05, 3.63) is 5.69 Å². The summed E-state index contributed by atoms with van der Waals surface area (Å²) in [6.45, 7) is 9.70. The molecule has 4 rings (SSSR count). The van der Waals surface area contributed by atoms with E-state index in [1.807, 2.05) is 23.6 Å². The van der Waals surface area contributed by atoms with Crippen molar-refractivity contribution in [2.75, 3.05) is 115 Å². The summed E-state index contributed by atoms with van der Waals surface area (Å²) in [6, 6.07) is 0. The van der Waals surface area contributed by atoms with E-state index in [2.05, 4.69) is 19.6 Å². The predicted octanol–water partition coefficient (Wildman–Crippen LogP) is -2.65. The van der Waals surface area contributed by atoms with Crippen LogP contribution in [0, 0.1) is 0 Å². The Labute approximate surface area is 201 Å². The van der Waals surface area contributed by atoms with Gasteiger partial charge in [-0.3, -0.25) is 19.5 Å². The lowest BCUT2D eigenvalue weighted by Crippen LogP contribution is -2.53. The molecule has 1 aromatic heterocycles. The van der Waals surface area contributed by atoms with Gasteiger partial charge in [-0.25, -0.2) is 0 Å². The number of carbonyl (C=O) groups excluding carboxylic acids is 1. The highest BCUT2D eigenvalue weighted by Crippen LogP contribution is 2.30. The molecule has 12 nitrogen and oxygen atoms in total. The SMILES string of the molecule is CN1CN(CC(O)CN2CCN(CCO)CC2)C(=O)c2c1nc(N1CCN(CCO)CC1)n2C. The van der Waals surface area contributed by atoms with Gasteiger partial charge >= 0.3 is 0 Å². The smallest absolute Gasteiger partial charge is 0.275 e. The Kier molecular flexibility index (Phi) is 8.27. The number of anilines is 2. The zero-order valence-electron chi connectivity index (χ0n) is 20.5. The molecule has 12 heteroatoms. The third kappa shape index (κ3) is 5.47. The Hall–Kier alpha value is -1.96. The van der Waals surface area contributed by atoms with E-state index in [4.69, 9.17) is 10.1 Å². The molecule has 0 spiro atoms. The molecule has 34 heavy (non-hydrogen) atoms. The highest BCUT2D eigenvalue weighted by Gasteiger charge is 2.36. The molecule has 0 radical (unpaired) electrons. The number of amides is 1. The normalized spacial score (nSPS) is 21.9. The molecular weight excluding hydrogens is 440 g/mol. The number of hydrogen-bond acceptors (Lipinski definition) is 10. The Balaban J connectivity index is 1.36. The van der Waals surface area contributed by atoms with Gasteiger partial charge in [-0.15, -0.1) is 0 Å². The molecule has 1 aromatic rings. The second-order valence-corrected chi connectivity index (χ2v) is 9.58. The molecule has 0 bridgehead atoms. The fourth-order valence-corrected chi connectivity index (χ4v) is 5.20. The minimum atomic E-state index is -0.629. The van der Waals surface area contributed by atoms with Crippen molar-refractivity contribution in [3.63, 3.8) is 0 Å². The van der Waals surface area contributed by atoms with Crippen LogP contribution >= 0.6 is 0 Å². The fourth-order valence-electron chi connectivity index (χ4n) is 5.20. The average Bonchev–Trinajstić information content (AvgIpc) is 3.17. The van der Waals surface area contributed by atoms with Gasteiger partial charge in [-0.1, -0.05) is 0 Å². The number of imidazole rings is 1. The van der Waals surface area contributed by atoms with Gasteiger partial charge in [-0.05, 0) is 0 Å². The van der Waals surface area contributed by atoms with Gasteiger partial charge in [0, 0.05) is 92.6 Å². The van der Waals surface area contributed by atoms with E-state index in [1.54, 1.807) is 4.90 Å². The van der Waals surface area contributed by atoms with E-state index < -0.39 is 6.10 Å². The lowest BCUT2D eigenvalue weighted by atomic mass is 10.2. The maximum Gasteiger partial charge on any atom is 0.275 e. The van der Waals surface area contributed by atoms with E-state index in [0.717, 1.165) is 58.3 Å². The first-order chi connectivity index (χ1) is 16.4. The molecule has 1 amide bonds. The number of rotatable bonds is 9. The molecule has 3 N–H and O–H groups in total. The van der Waals surface area contributed by atoms with Crippen molar-refractivity contribution in [2.45, 2.75) is 6.10 Å². The van der Waals surface area contributed by atoms with Crippen LogP contribution in [-0.4, -0.2) is 162 Å². The molecule has 1 unspecified atom stereocenters. The minimum absolute atomic E-state index is 0.0971. The minimum Gasteiger partial charge on any atom is -0.395 e. The van der Waals surface area contributed by atoms with Crippen LogP contribution < -0.4 is 9.80 Å². The van der Waals surface area contributed by atoms with Crippen LogP contribution in [0.15, 0.2) is 0 Å². The number of piperazine rings is 2. The molecule has 0 aromatic carbocycles. The zero-order chi connectivity index (χ0) is 24.2. The molecule has 3 aliphatic rings. The average molecular weight is 481 g/mol. The van der Waals surface area contributed by atoms with E-state index in [9.17, 15) is 15.0 Å². The van der Waals surface area contributed by atoms with E-state index >= 15 is 0 Å². The first-order valence-electron chi connectivity index (χ1n) is 12.3. The Morgan fingerprint density at radius 2 is 1.41 bits per heavy atom. The maximum atomic E-state index is 13.4. The van der Waals surface area contributed by atoms with Gasteiger partial charge in [0.05, 0.1) is 26.0 Å². The van der Waals surface area contributed by atoms with Crippen molar-refractivity contribution in [2.24, 2.45) is 7.05 Å². The lowest BCUT2D eigenvalue weighted by molar-refractivity contribution is 0.0390. The predicted molar refractivity (Wildman–Crippen MR) is 129 cm³/mol. The number of hydrogen-bond donors (Lipinski definition) is 3. The third-order valence-electron chi connectivity index (χ3n) is 7.14. The van der Waals surface area contributed by atoms with Crippen LogP contribution in [0.2, 0.25) is 0 Å². The summed E-state index contributed by atoms with van der Waals surface area (Å²) in [4.78, 5) is 30.8. The maximum absolute atomic E-state index is 13.4. The first-order valence-corrected chi connectivity index (χ1v) is 12.3. The standard InChI is InChI=1S/C22H40N8O4/c1-24-17-30(16-18(33)15-28-5-3-26(4-6-28)11-13-31)21(34)19-20(24)23-22(25(19)2)29-9-7-27(8-10-29)12-14-32/h18,31-33H,3-17H2,1-2H3. The summed E-state index contributed by atoms with van der Waals surface area (Å²) in [5.74, 6) is 1.38. The second kappa shape index (κ2) is 11.2. The molecule has 192 valence electrons. The van der Waals surface area contributed by atoms with Crippen LogP contribution in [0.25, 0.3) is 0 Å². The van der Waals surface area contributed by atoms with E-state index in [1.165, 1.54) is 0 Å². The van der Waals surface area contributed by atoms with Crippen molar-refractivity contribution < 1.29 is 20.1 Å². The number of nitrogens with zero attached hydrogens (tertiary/aromatic N) is 8. The highest BCUT2D eigenvalue weighted by molar-refractivity contribution is 6.00. The van der Waals surface area contributed by atoms with Gasteiger partial charge in [-0.2, -0.15) is 4.98 Å². The molecular formula is C22H40N8O4. The van der Waals surface area contributed by atoms with Gasteiger partial charge in [0.2, 0.25) is 5.95 Å². The molecule has 2 fully saturated rings. The monoisotopic (exact) mass is 480 g/mol. The molecule has 0 aliphatic carbocycles. The summed E-state index contributed by atoms with van der Waals surface area (Å²) in [5.41, 5.74) is 0.561. The Morgan fingerprint density at radius 3 is 2.00 bits per heavy atom. The van der Waals surface area contributed by atoms with Crippen LogP contribution in [0.4, 0.5) is 11.8 Å². The van der Waals surface area contributed by atoms with E-state index in [-0.39, 0.29) is 25.7 Å². The van der Waals surface area contributed by atoms with E-state index in [0.29, 0.717) is 37.8 Å². The molecule has 4 heterocycles. The van der Waals surface area contributed by atoms with Crippen LogP contribution in [0.5, 0.6) is 0 Å². The summed E-state index contributed by atoms with van der Waals surface area (Å²) >= 11 is 0. The summed E-state index contributed by atoms with van der Waals surface area (Å²) in [7, 11) is 3.82. The summed E-state index contributed by atoms with van der Waals surface area (Å²) < 4.78 is 1.88. The fraction of sp³-hybridized carbons (Fsp3) is 0.818. The third-order valence-corrected chi connectivity index (χ3v) is 7.14. The van der Waals surface area contributed by atoms with Crippen LogP contribution in [-0.2, 0) is 7.05 Å². The molecule has 2 saturated heterocycles. The highest BCUT2D eigenvalue weighted by atomic mass is 16.3. The number of fused-ring (bicyclic) bond motifs is 1. The number of aromatic nitrogens is 2. The number of aliphatic hydroxyl groups excluding tert-OH is 3. The zero-order valence-corrected chi connectivity index (χ0v) is 20.5. The Morgan fingerprint density at radius 1 is 0.853 bits per heavy atom. The van der Waals surface area contributed by atoms with Gasteiger partial charge in [0.15, 0.2) is 11.5 Å². The van der Waals surface area contributed by atoms with Crippen molar-refractivity contribution in [1.29, 1.82) is 0 Å². The van der Waals surface area contributed by atoms with Gasteiger partial charge in [0.1, 0.15) is 0 Å². The van der Waals surface area contributed by atoms with Crippen molar-refractivity contribution >= 4 is 17.7 Å². The van der Waals surface area contributed by atoms with Crippen LogP contribution in [0.1, 0.15) is 10.5 Å². The molecule has 3 aliphatic heterocycles. The quantitative estimate of drug-likeness (QED) is 0.346. The summed E-state index contributed by atoms with van der Waals surface area (Å²) in [5, 5.41) is 29.0. The first kappa shape index (κ1) is 25.1. The number of aliphatic hydroxyl groups is 3. The topological polar surface area (TPSA) is 115 Å². The van der Waals surface area contributed by atoms with Gasteiger partial charge < -0.3 is 34.6 Å². The molecule has 0 saturated carbocycles. The van der Waals surface area contributed by atoms with Crippen molar-refractivity contribution in [1.82, 2.24) is 29.2 Å². The molecule has 1 atom stereocenters. The van der Waals surface area contributed by atoms with Crippen molar-refractivity contribution in [3.8, 4) is 0 Å². The second-order valence-electron chi connectivity index (χ2n) is 9.58. The number of β-amino-alcohol motifs (C(OH)–C–C–N with tert-alkyl or cyclic N) is 3. The van der Waals surface area contributed by atoms with Crippen LogP contribution in [0.3, 0.4) is 0 Å². The summed E-state index contributed by atoms with van der Waals surface area (Å²) in [6.07, 6.45) is -0.629. The van der Waals surface area contributed by atoms with Gasteiger partial charge in [0.25, 0.3) is 5.91 Å². The lowest BCUT2D eigenvalue weighted by Gasteiger charge is -2.37. The number of carbonyl (C=O) groups is 1. The Bertz CT molecular complexity index is 820. The largest absolute Gasteiger partial charge is 0.395 e.